The first kappa shape index (κ1) is 10.7. The maximum atomic E-state index is 8.87. The number of aliphatic hydroxyl groups excluding tert-OH is 1. The molecule has 0 aromatic heterocycles. The van der Waals surface area contributed by atoms with Gasteiger partial charge < -0.3 is 10.4 Å². The minimum Gasteiger partial charge on any atom is -0.395 e. The van der Waals surface area contributed by atoms with Gasteiger partial charge in [0.15, 0.2) is 0 Å². The Balaban J connectivity index is 2.13. The number of aliphatic hydroxyl groups is 1. The van der Waals surface area contributed by atoms with Crippen molar-refractivity contribution in [1.82, 2.24) is 5.32 Å². The first-order chi connectivity index (χ1) is 7.33. The lowest BCUT2D eigenvalue weighted by molar-refractivity contribution is 0.280. The second-order valence-corrected chi connectivity index (χ2v) is 4.35. The summed E-state index contributed by atoms with van der Waals surface area (Å²) in [5.41, 5.74) is 2.74. The van der Waals surface area contributed by atoms with E-state index in [-0.39, 0.29) is 6.61 Å². The first-order valence-corrected chi connectivity index (χ1v) is 5.72. The minimum absolute atomic E-state index is 0.217. The lowest BCUT2D eigenvalue weighted by atomic mass is 9.98. The standard InChI is InChI=1S/C13H19NO/c1-10-4-2-3-5-12(10)13(11-6-7-11)14-8-9-15/h2-5,11,13-15H,6-9H2,1H3. The molecule has 0 spiro atoms. The Morgan fingerprint density at radius 3 is 2.73 bits per heavy atom. The molecule has 1 aliphatic carbocycles. The molecule has 1 saturated carbocycles. The molecule has 0 bridgehead atoms. The zero-order valence-corrected chi connectivity index (χ0v) is 9.24. The predicted molar refractivity (Wildman–Crippen MR) is 61.7 cm³/mol. The van der Waals surface area contributed by atoms with Crippen LogP contribution in [0.15, 0.2) is 24.3 Å². The zero-order valence-electron chi connectivity index (χ0n) is 9.24. The average Bonchev–Trinajstić information content (AvgIpc) is 3.05. The molecular formula is C13H19NO. The molecule has 82 valence electrons. The molecule has 15 heavy (non-hydrogen) atoms. The normalized spacial score (nSPS) is 17.7. The van der Waals surface area contributed by atoms with Gasteiger partial charge >= 0.3 is 0 Å². The van der Waals surface area contributed by atoms with E-state index in [0.29, 0.717) is 12.6 Å². The smallest absolute Gasteiger partial charge is 0.0556 e. The maximum absolute atomic E-state index is 8.87. The van der Waals surface area contributed by atoms with E-state index < -0.39 is 0 Å². The van der Waals surface area contributed by atoms with Crippen LogP contribution in [0.25, 0.3) is 0 Å². The van der Waals surface area contributed by atoms with Crippen molar-refractivity contribution in [3.05, 3.63) is 35.4 Å². The van der Waals surface area contributed by atoms with Crippen LogP contribution >= 0.6 is 0 Å². The summed E-state index contributed by atoms with van der Waals surface area (Å²) in [6.45, 7) is 3.07. The minimum atomic E-state index is 0.217. The van der Waals surface area contributed by atoms with Gasteiger partial charge in [0, 0.05) is 12.6 Å². The Labute approximate surface area is 91.3 Å². The largest absolute Gasteiger partial charge is 0.395 e. The van der Waals surface area contributed by atoms with Crippen molar-refractivity contribution in [2.45, 2.75) is 25.8 Å². The van der Waals surface area contributed by atoms with Crippen LogP contribution in [-0.2, 0) is 0 Å². The van der Waals surface area contributed by atoms with Crippen LogP contribution in [0.5, 0.6) is 0 Å². The van der Waals surface area contributed by atoms with E-state index >= 15 is 0 Å². The van der Waals surface area contributed by atoms with Crippen LogP contribution in [0.2, 0.25) is 0 Å². The summed E-state index contributed by atoms with van der Waals surface area (Å²) in [4.78, 5) is 0. The molecule has 2 rings (SSSR count). The second kappa shape index (κ2) is 4.77. The fourth-order valence-corrected chi connectivity index (χ4v) is 2.12. The number of hydrogen-bond acceptors (Lipinski definition) is 2. The highest BCUT2D eigenvalue weighted by molar-refractivity contribution is 5.30. The summed E-state index contributed by atoms with van der Waals surface area (Å²) in [5, 5.41) is 12.3. The molecular weight excluding hydrogens is 186 g/mol. The highest BCUT2D eigenvalue weighted by Crippen LogP contribution is 2.41. The van der Waals surface area contributed by atoms with E-state index in [2.05, 4.69) is 36.5 Å². The molecule has 1 atom stereocenters. The Bertz CT molecular complexity index is 320. The van der Waals surface area contributed by atoms with E-state index in [4.69, 9.17) is 5.11 Å². The first-order valence-electron chi connectivity index (χ1n) is 5.72. The van der Waals surface area contributed by atoms with Gasteiger partial charge in [0.1, 0.15) is 0 Å². The van der Waals surface area contributed by atoms with E-state index in [1.807, 2.05) is 0 Å². The molecule has 0 saturated heterocycles. The Morgan fingerprint density at radius 1 is 1.40 bits per heavy atom. The molecule has 0 amide bonds. The van der Waals surface area contributed by atoms with Crippen LogP contribution in [0.4, 0.5) is 0 Å². The van der Waals surface area contributed by atoms with Crippen molar-refractivity contribution in [2.75, 3.05) is 13.2 Å². The molecule has 1 unspecified atom stereocenters. The quantitative estimate of drug-likeness (QED) is 0.771. The Hall–Kier alpha value is -0.860. The fraction of sp³-hybridized carbons (Fsp3) is 0.538. The topological polar surface area (TPSA) is 32.3 Å². The van der Waals surface area contributed by atoms with Crippen LogP contribution in [0, 0.1) is 12.8 Å². The fourth-order valence-electron chi connectivity index (χ4n) is 2.12. The summed E-state index contributed by atoms with van der Waals surface area (Å²) in [6.07, 6.45) is 2.63. The lowest BCUT2D eigenvalue weighted by Gasteiger charge is -2.20. The van der Waals surface area contributed by atoms with Crippen molar-refractivity contribution in [3.8, 4) is 0 Å². The lowest BCUT2D eigenvalue weighted by Crippen LogP contribution is -2.26. The third-order valence-electron chi connectivity index (χ3n) is 3.09. The van der Waals surface area contributed by atoms with Crippen LogP contribution in [0.3, 0.4) is 0 Å². The molecule has 1 aromatic rings. The number of aryl methyl sites for hydroxylation is 1. The average molecular weight is 205 g/mol. The summed E-state index contributed by atoms with van der Waals surface area (Å²) >= 11 is 0. The van der Waals surface area contributed by atoms with Crippen molar-refractivity contribution in [2.24, 2.45) is 5.92 Å². The highest BCUT2D eigenvalue weighted by Gasteiger charge is 2.32. The van der Waals surface area contributed by atoms with E-state index in [1.54, 1.807) is 0 Å². The Morgan fingerprint density at radius 2 is 2.13 bits per heavy atom. The number of hydrogen-bond donors (Lipinski definition) is 2. The van der Waals surface area contributed by atoms with Crippen LogP contribution in [-0.4, -0.2) is 18.3 Å². The van der Waals surface area contributed by atoms with Crippen molar-refractivity contribution in [1.29, 1.82) is 0 Å². The van der Waals surface area contributed by atoms with E-state index in [1.165, 1.54) is 24.0 Å². The summed E-state index contributed by atoms with van der Waals surface area (Å²) in [6, 6.07) is 8.97. The summed E-state index contributed by atoms with van der Waals surface area (Å²) in [7, 11) is 0. The van der Waals surface area contributed by atoms with Crippen LogP contribution < -0.4 is 5.32 Å². The third kappa shape index (κ3) is 2.58. The second-order valence-electron chi connectivity index (χ2n) is 4.35. The molecule has 1 aromatic carbocycles. The van der Waals surface area contributed by atoms with Gasteiger partial charge in [-0.05, 0) is 36.8 Å². The number of benzene rings is 1. The molecule has 1 aliphatic rings. The molecule has 0 heterocycles. The predicted octanol–water partition coefficient (Wildman–Crippen LogP) is 2.03. The van der Waals surface area contributed by atoms with E-state index in [9.17, 15) is 0 Å². The molecule has 2 nitrogen and oxygen atoms in total. The van der Waals surface area contributed by atoms with Gasteiger partial charge in [-0.25, -0.2) is 0 Å². The summed E-state index contributed by atoms with van der Waals surface area (Å²) in [5.74, 6) is 0.776. The molecule has 1 fully saturated rings. The zero-order chi connectivity index (χ0) is 10.7. The monoisotopic (exact) mass is 205 g/mol. The third-order valence-corrected chi connectivity index (χ3v) is 3.09. The van der Waals surface area contributed by atoms with Crippen molar-refractivity contribution >= 4 is 0 Å². The van der Waals surface area contributed by atoms with Gasteiger partial charge in [0.25, 0.3) is 0 Å². The van der Waals surface area contributed by atoms with Gasteiger partial charge in [-0.1, -0.05) is 24.3 Å². The Kier molecular flexibility index (Phi) is 3.39. The van der Waals surface area contributed by atoms with E-state index in [0.717, 1.165) is 5.92 Å². The van der Waals surface area contributed by atoms with Gasteiger partial charge in [-0.3, -0.25) is 0 Å². The van der Waals surface area contributed by atoms with Gasteiger partial charge in [0.05, 0.1) is 6.61 Å². The molecule has 2 heteroatoms. The highest BCUT2D eigenvalue weighted by atomic mass is 16.3. The van der Waals surface area contributed by atoms with Crippen molar-refractivity contribution in [3.63, 3.8) is 0 Å². The van der Waals surface area contributed by atoms with Crippen molar-refractivity contribution < 1.29 is 5.11 Å². The molecule has 0 aliphatic heterocycles. The SMILES string of the molecule is Cc1ccccc1C(NCCO)C1CC1. The van der Waals surface area contributed by atoms with Gasteiger partial charge in [-0.2, -0.15) is 0 Å². The van der Waals surface area contributed by atoms with Gasteiger partial charge in [-0.15, -0.1) is 0 Å². The number of nitrogens with one attached hydrogen (secondary N) is 1. The van der Waals surface area contributed by atoms with Crippen LogP contribution in [0.1, 0.15) is 30.0 Å². The maximum Gasteiger partial charge on any atom is 0.0556 e. The summed E-state index contributed by atoms with van der Waals surface area (Å²) < 4.78 is 0. The molecule has 0 radical (unpaired) electrons. The number of rotatable bonds is 5. The van der Waals surface area contributed by atoms with Gasteiger partial charge in [0.2, 0.25) is 0 Å². The molecule has 2 N–H and O–H groups in total.